The van der Waals surface area contributed by atoms with Crippen LogP contribution in [0, 0.1) is 6.92 Å². The van der Waals surface area contributed by atoms with Gasteiger partial charge in [-0.15, -0.1) is 0 Å². The first-order chi connectivity index (χ1) is 21.5. The van der Waals surface area contributed by atoms with E-state index in [0.29, 0.717) is 46.5 Å². The normalized spacial score (nSPS) is 20.2. The fraction of sp³-hybridized carbons (Fsp3) is 0.303. The Bertz CT molecular complexity index is 1970. The van der Waals surface area contributed by atoms with Gasteiger partial charge < -0.3 is 19.9 Å². The summed E-state index contributed by atoms with van der Waals surface area (Å²) in [5.74, 6) is -0.341. The van der Waals surface area contributed by atoms with Crippen LogP contribution < -0.4 is 20.5 Å². The number of amides is 2. The summed E-state index contributed by atoms with van der Waals surface area (Å²) >= 11 is 0. The number of aryl methyl sites for hydroxylation is 1. The van der Waals surface area contributed by atoms with Crippen molar-refractivity contribution in [3.63, 3.8) is 0 Å². The molecule has 1 saturated heterocycles. The average Bonchev–Trinajstić information content (AvgIpc) is 3.36. The Labute approximate surface area is 261 Å². The molecule has 234 valence electrons. The van der Waals surface area contributed by atoms with E-state index >= 15 is 0 Å². The Morgan fingerprint density at radius 1 is 1.00 bits per heavy atom. The highest BCUT2D eigenvalue weighted by atomic mass is 32.2. The molecule has 3 N–H and O–H groups in total. The van der Waals surface area contributed by atoms with Gasteiger partial charge in [0.15, 0.2) is 0 Å². The van der Waals surface area contributed by atoms with E-state index in [2.05, 4.69) is 15.6 Å². The summed E-state index contributed by atoms with van der Waals surface area (Å²) in [5.41, 5.74) is 4.42. The van der Waals surface area contributed by atoms with Gasteiger partial charge in [-0.3, -0.25) is 19.2 Å². The molecule has 2 amide bonds. The van der Waals surface area contributed by atoms with Crippen molar-refractivity contribution in [1.82, 2.24) is 9.88 Å². The molecular formula is C33H35N5O6S. The molecule has 1 aromatic heterocycles. The maximum Gasteiger partial charge on any atom is 0.411 e. The summed E-state index contributed by atoms with van der Waals surface area (Å²) in [6, 6.07) is 17.1. The maximum atomic E-state index is 14.3. The highest BCUT2D eigenvalue weighted by Gasteiger charge is 2.32. The van der Waals surface area contributed by atoms with Crippen LogP contribution in [0.4, 0.5) is 21.9 Å². The van der Waals surface area contributed by atoms with E-state index < -0.39 is 22.2 Å². The van der Waals surface area contributed by atoms with E-state index in [1.54, 1.807) is 37.5 Å². The van der Waals surface area contributed by atoms with Crippen LogP contribution in [0.25, 0.3) is 10.8 Å². The van der Waals surface area contributed by atoms with E-state index in [1.807, 2.05) is 50.2 Å². The van der Waals surface area contributed by atoms with Crippen LogP contribution in [0.2, 0.25) is 0 Å². The van der Waals surface area contributed by atoms with Gasteiger partial charge in [0.2, 0.25) is 15.9 Å². The number of carbonyl (C=O) groups excluding carboxylic acids is 2. The van der Waals surface area contributed by atoms with E-state index in [-0.39, 0.29) is 36.3 Å². The number of likely N-dealkylation sites (N-methyl/N-ethyl adjacent to an activating group) is 1. The van der Waals surface area contributed by atoms with Gasteiger partial charge in [-0.25, -0.2) is 13.2 Å². The minimum absolute atomic E-state index is 0.0433. The number of nitrogens with zero attached hydrogens (tertiary/aromatic N) is 2. The van der Waals surface area contributed by atoms with E-state index in [0.717, 1.165) is 16.5 Å². The molecule has 0 radical (unpaired) electrons. The van der Waals surface area contributed by atoms with Crippen molar-refractivity contribution in [3.05, 3.63) is 99.5 Å². The molecule has 4 aromatic rings. The van der Waals surface area contributed by atoms with Crippen LogP contribution in [0.15, 0.2) is 71.7 Å². The number of hydrogen-bond donors (Lipinski definition) is 3. The number of carbonyl (C=O) groups is 2. The summed E-state index contributed by atoms with van der Waals surface area (Å²) < 4.78 is 32.7. The maximum absolute atomic E-state index is 14.3. The number of ether oxygens (including phenoxy) is 1. The van der Waals surface area contributed by atoms with Crippen molar-refractivity contribution in [3.8, 4) is 0 Å². The molecule has 0 spiro atoms. The van der Waals surface area contributed by atoms with Gasteiger partial charge in [-0.1, -0.05) is 31.2 Å². The van der Waals surface area contributed by atoms with Gasteiger partial charge >= 0.3 is 6.09 Å². The predicted molar refractivity (Wildman–Crippen MR) is 174 cm³/mol. The van der Waals surface area contributed by atoms with E-state index in [1.165, 1.54) is 9.21 Å². The first-order valence-corrected chi connectivity index (χ1v) is 16.4. The van der Waals surface area contributed by atoms with Crippen molar-refractivity contribution >= 4 is 49.9 Å². The highest BCUT2D eigenvalue weighted by Crippen LogP contribution is 2.33. The van der Waals surface area contributed by atoms with Crippen molar-refractivity contribution in [1.29, 1.82) is 0 Å². The molecule has 11 nitrogen and oxygen atoms in total. The van der Waals surface area contributed by atoms with Gasteiger partial charge in [0.05, 0.1) is 18.0 Å². The first-order valence-electron chi connectivity index (χ1n) is 14.8. The lowest BCUT2D eigenvalue weighted by Gasteiger charge is -2.29. The Kier molecular flexibility index (Phi) is 8.00. The molecule has 0 aliphatic carbocycles. The third-order valence-electron chi connectivity index (χ3n) is 8.43. The SMILES string of the molecule is Cc1cc2ccc1[C@@H](C)COC(=O)Nc1ccc(N3CCCS3(=O)=O)c(c1)CN(C)C(=O)[C@@H]2Nc1ccc2cc[nH]c(=O)c2c1. The number of aromatic nitrogens is 1. The molecule has 3 aliphatic rings. The topological polar surface area (TPSA) is 141 Å². The number of H-pyrrole nitrogens is 1. The second-order valence-electron chi connectivity index (χ2n) is 11.7. The highest BCUT2D eigenvalue weighted by molar-refractivity contribution is 7.93. The number of aromatic amines is 1. The van der Waals surface area contributed by atoms with Crippen molar-refractivity contribution in [2.24, 2.45) is 0 Å². The number of benzene rings is 3. The summed E-state index contributed by atoms with van der Waals surface area (Å²) in [4.78, 5) is 43.8. The standard InChI is InChI=1S/C33H35N5O6S/c1-20-15-23-6-9-27(20)21(2)19-44-33(41)36-25-8-10-29(38-13-4-14-45(38,42)43)24(16-25)18-37(3)32(40)30(23)35-26-7-5-22-11-12-34-31(39)28(22)17-26/h5-12,15-17,21,30,35H,4,13-14,18-19H2,1-3H3,(H,34,39)(H,36,41)/t21-,30+/m0/s1. The molecule has 12 heteroatoms. The smallest absolute Gasteiger partial charge is 0.411 e. The number of hydrogen-bond acceptors (Lipinski definition) is 7. The minimum atomic E-state index is -3.51. The van der Waals surface area contributed by atoms with E-state index in [4.69, 9.17) is 4.74 Å². The average molecular weight is 630 g/mol. The van der Waals surface area contributed by atoms with Gasteiger partial charge in [0, 0.05) is 49.0 Å². The molecule has 0 unspecified atom stereocenters. The summed E-state index contributed by atoms with van der Waals surface area (Å²) in [5, 5.41) is 7.37. The van der Waals surface area contributed by atoms with Crippen LogP contribution in [0.3, 0.4) is 0 Å². The van der Waals surface area contributed by atoms with Crippen LogP contribution in [-0.4, -0.2) is 56.3 Å². The zero-order valence-electron chi connectivity index (χ0n) is 25.3. The molecule has 3 aromatic carbocycles. The number of rotatable bonds is 3. The molecule has 7 rings (SSSR count). The third-order valence-corrected chi connectivity index (χ3v) is 10.3. The molecule has 1 fully saturated rings. The van der Waals surface area contributed by atoms with Crippen LogP contribution in [0.5, 0.6) is 0 Å². The molecular weight excluding hydrogens is 594 g/mol. The minimum Gasteiger partial charge on any atom is -0.449 e. The van der Waals surface area contributed by atoms with Crippen molar-refractivity contribution in [2.75, 3.05) is 40.9 Å². The lowest BCUT2D eigenvalue weighted by atomic mass is 9.93. The molecule has 45 heavy (non-hydrogen) atoms. The van der Waals surface area contributed by atoms with Gasteiger partial charge in [-0.05, 0) is 77.4 Å². The zero-order valence-corrected chi connectivity index (χ0v) is 26.1. The fourth-order valence-corrected chi connectivity index (χ4v) is 7.70. The fourth-order valence-electron chi connectivity index (χ4n) is 6.10. The van der Waals surface area contributed by atoms with Crippen molar-refractivity contribution in [2.45, 2.75) is 38.8 Å². The quantitative estimate of drug-likeness (QED) is 0.294. The van der Waals surface area contributed by atoms with Crippen LogP contribution >= 0.6 is 0 Å². The summed E-state index contributed by atoms with van der Waals surface area (Å²) in [7, 11) is -1.85. The first kappa shape index (κ1) is 30.2. The Hall–Kier alpha value is -4.84. The molecule has 0 saturated carbocycles. The zero-order chi connectivity index (χ0) is 31.9. The molecule has 4 bridgehead atoms. The summed E-state index contributed by atoms with van der Waals surface area (Å²) in [6.45, 7) is 4.44. The second kappa shape index (κ2) is 11.9. The lowest BCUT2D eigenvalue weighted by molar-refractivity contribution is -0.131. The largest absolute Gasteiger partial charge is 0.449 e. The predicted octanol–water partition coefficient (Wildman–Crippen LogP) is 4.85. The number of anilines is 3. The van der Waals surface area contributed by atoms with Crippen LogP contribution in [-0.2, 0) is 26.1 Å². The number of fused-ring (bicyclic) bond motifs is 10. The summed E-state index contributed by atoms with van der Waals surface area (Å²) in [6.07, 6.45) is 1.46. The van der Waals surface area contributed by atoms with Gasteiger partial charge in [-0.2, -0.15) is 0 Å². The van der Waals surface area contributed by atoms with Gasteiger partial charge in [0.25, 0.3) is 5.56 Å². The van der Waals surface area contributed by atoms with Gasteiger partial charge in [0.1, 0.15) is 6.04 Å². The lowest BCUT2D eigenvalue weighted by Crippen LogP contribution is -2.36. The number of sulfonamides is 1. The monoisotopic (exact) mass is 629 g/mol. The second-order valence-corrected chi connectivity index (χ2v) is 13.7. The number of nitrogens with one attached hydrogen (secondary N) is 3. The van der Waals surface area contributed by atoms with Crippen LogP contribution in [0.1, 0.15) is 47.6 Å². The number of pyridine rings is 1. The molecule has 3 aliphatic heterocycles. The Morgan fingerprint density at radius 2 is 1.82 bits per heavy atom. The Balaban J connectivity index is 1.43. The van der Waals surface area contributed by atoms with Crippen molar-refractivity contribution < 1.29 is 22.7 Å². The molecule has 4 heterocycles. The Morgan fingerprint density at radius 3 is 2.58 bits per heavy atom. The van der Waals surface area contributed by atoms with E-state index in [9.17, 15) is 22.8 Å². The third kappa shape index (κ3) is 6.10. The molecule has 2 atom stereocenters.